The second-order valence-electron chi connectivity index (χ2n) is 6.24. The second-order valence-corrected chi connectivity index (χ2v) is 6.67. The lowest BCUT2D eigenvalue weighted by Gasteiger charge is -2.36. The van der Waals surface area contributed by atoms with Gasteiger partial charge in [-0.15, -0.1) is 0 Å². The van der Waals surface area contributed by atoms with Gasteiger partial charge in [0.1, 0.15) is 0 Å². The molecular formula is C19H20ClF2N3O. The molecule has 138 valence electrons. The van der Waals surface area contributed by atoms with Crippen molar-refractivity contribution in [1.29, 1.82) is 0 Å². The molecule has 26 heavy (non-hydrogen) atoms. The van der Waals surface area contributed by atoms with Crippen LogP contribution in [0, 0.1) is 11.6 Å². The van der Waals surface area contributed by atoms with Gasteiger partial charge in [0.05, 0.1) is 0 Å². The standard InChI is InChI=1S/C19H20ClF2N3O/c20-14-2-1-3-16(12-14)25-10-8-24(9-11-25)7-6-19(26)23-15-4-5-17(21)18(22)13-15/h1-5,12-13H,6-11H2,(H,23,26). The first-order chi connectivity index (χ1) is 12.5. The minimum absolute atomic E-state index is 0.215. The average Bonchev–Trinajstić information content (AvgIpc) is 2.63. The Morgan fingerprint density at radius 2 is 1.81 bits per heavy atom. The van der Waals surface area contributed by atoms with E-state index in [4.69, 9.17) is 11.6 Å². The highest BCUT2D eigenvalue weighted by Gasteiger charge is 2.18. The lowest BCUT2D eigenvalue weighted by Crippen LogP contribution is -2.47. The number of benzene rings is 2. The maximum atomic E-state index is 13.2. The molecule has 7 heteroatoms. The number of carbonyl (C=O) groups excluding carboxylic acids is 1. The summed E-state index contributed by atoms with van der Waals surface area (Å²) >= 11 is 6.04. The van der Waals surface area contributed by atoms with E-state index in [0.29, 0.717) is 13.0 Å². The fraction of sp³-hybridized carbons (Fsp3) is 0.316. The fourth-order valence-corrected chi connectivity index (χ4v) is 3.14. The monoisotopic (exact) mass is 379 g/mol. The van der Waals surface area contributed by atoms with E-state index in [1.54, 1.807) is 0 Å². The van der Waals surface area contributed by atoms with E-state index in [2.05, 4.69) is 15.1 Å². The topological polar surface area (TPSA) is 35.6 Å². The molecule has 1 N–H and O–H groups in total. The second kappa shape index (κ2) is 8.47. The van der Waals surface area contributed by atoms with Gasteiger partial charge in [-0.1, -0.05) is 17.7 Å². The predicted octanol–water partition coefficient (Wildman–Crippen LogP) is 3.77. The first kappa shape index (κ1) is 18.6. The summed E-state index contributed by atoms with van der Waals surface area (Å²) in [6, 6.07) is 11.1. The Kier molecular flexibility index (Phi) is 6.06. The van der Waals surface area contributed by atoms with Gasteiger partial charge in [0, 0.05) is 61.6 Å². The van der Waals surface area contributed by atoms with Crippen molar-refractivity contribution in [3.63, 3.8) is 0 Å². The van der Waals surface area contributed by atoms with Crippen molar-refractivity contribution in [2.24, 2.45) is 0 Å². The number of hydrogen-bond donors (Lipinski definition) is 1. The van der Waals surface area contributed by atoms with E-state index in [1.165, 1.54) is 6.07 Å². The largest absolute Gasteiger partial charge is 0.369 e. The van der Waals surface area contributed by atoms with Gasteiger partial charge in [-0.05, 0) is 30.3 Å². The highest BCUT2D eigenvalue weighted by molar-refractivity contribution is 6.30. The maximum absolute atomic E-state index is 13.2. The molecule has 1 saturated heterocycles. The molecule has 4 nitrogen and oxygen atoms in total. The maximum Gasteiger partial charge on any atom is 0.225 e. The van der Waals surface area contributed by atoms with Gasteiger partial charge in [-0.25, -0.2) is 8.78 Å². The number of anilines is 2. The van der Waals surface area contributed by atoms with Crippen LogP contribution in [0.25, 0.3) is 0 Å². The van der Waals surface area contributed by atoms with Crippen molar-refractivity contribution in [3.05, 3.63) is 59.1 Å². The third-order valence-electron chi connectivity index (χ3n) is 4.40. The van der Waals surface area contributed by atoms with E-state index in [1.807, 2.05) is 24.3 Å². The van der Waals surface area contributed by atoms with Crippen LogP contribution in [0.4, 0.5) is 20.2 Å². The zero-order valence-electron chi connectivity index (χ0n) is 14.2. The third-order valence-corrected chi connectivity index (χ3v) is 4.64. The van der Waals surface area contributed by atoms with Gasteiger partial charge in [-0.2, -0.15) is 0 Å². The summed E-state index contributed by atoms with van der Waals surface area (Å²) in [7, 11) is 0. The molecule has 0 atom stereocenters. The molecule has 1 aliphatic heterocycles. The first-order valence-corrected chi connectivity index (χ1v) is 8.87. The van der Waals surface area contributed by atoms with Crippen LogP contribution in [-0.2, 0) is 4.79 Å². The summed E-state index contributed by atoms with van der Waals surface area (Å²) in [6.45, 7) is 4.06. The molecule has 0 saturated carbocycles. The van der Waals surface area contributed by atoms with Gasteiger partial charge in [0.15, 0.2) is 11.6 Å². The highest BCUT2D eigenvalue weighted by atomic mass is 35.5. The number of nitrogens with one attached hydrogen (secondary N) is 1. The van der Waals surface area contributed by atoms with Crippen molar-refractivity contribution in [2.45, 2.75) is 6.42 Å². The van der Waals surface area contributed by atoms with Crippen LogP contribution >= 0.6 is 11.6 Å². The number of piperazine rings is 1. The average molecular weight is 380 g/mol. The van der Waals surface area contributed by atoms with Crippen molar-refractivity contribution < 1.29 is 13.6 Å². The van der Waals surface area contributed by atoms with Gasteiger partial charge < -0.3 is 10.2 Å². The molecule has 1 heterocycles. The van der Waals surface area contributed by atoms with Crippen molar-refractivity contribution >= 4 is 28.9 Å². The zero-order valence-corrected chi connectivity index (χ0v) is 15.0. The molecule has 1 aliphatic rings. The Morgan fingerprint density at radius 3 is 2.50 bits per heavy atom. The molecule has 1 fully saturated rings. The van der Waals surface area contributed by atoms with Crippen LogP contribution < -0.4 is 10.2 Å². The number of nitrogens with zero attached hydrogens (tertiary/aromatic N) is 2. The van der Waals surface area contributed by atoms with E-state index < -0.39 is 11.6 Å². The SMILES string of the molecule is O=C(CCN1CCN(c2cccc(Cl)c2)CC1)Nc1ccc(F)c(F)c1. The Balaban J connectivity index is 1.43. The molecule has 0 radical (unpaired) electrons. The van der Waals surface area contributed by atoms with Gasteiger partial charge >= 0.3 is 0 Å². The number of hydrogen-bond acceptors (Lipinski definition) is 3. The van der Waals surface area contributed by atoms with E-state index >= 15 is 0 Å². The molecule has 0 unspecified atom stereocenters. The Morgan fingerprint density at radius 1 is 1.04 bits per heavy atom. The first-order valence-electron chi connectivity index (χ1n) is 8.49. The molecule has 3 rings (SSSR count). The van der Waals surface area contributed by atoms with Crippen molar-refractivity contribution in [3.8, 4) is 0 Å². The number of amides is 1. The van der Waals surface area contributed by atoms with Gasteiger partial charge in [-0.3, -0.25) is 9.69 Å². The minimum atomic E-state index is -0.972. The van der Waals surface area contributed by atoms with E-state index in [9.17, 15) is 13.6 Å². The van der Waals surface area contributed by atoms with Gasteiger partial charge in [0.2, 0.25) is 5.91 Å². The Bertz CT molecular complexity index is 779. The summed E-state index contributed by atoms with van der Waals surface area (Å²) in [5.41, 5.74) is 1.37. The normalized spacial score (nSPS) is 15.1. The molecular weight excluding hydrogens is 360 g/mol. The quantitative estimate of drug-likeness (QED) is 0.859. The van der Waals surface area contributed by atoms with Crippen LogP contribution in [0.1, 0.15) is 6.42 Å². The molecule has 0 aliphatic carbocycles. The van der Waals surface area contributed by atoms with Crippen LogP contribution in [0.5, 0.6) is 0 Å². The van der Waals surface area contributed by atoms with Crippen LogP contribution in [0.15, 0.2) is 42.5 Å². The lowest BCUT2D eigenvalue weighted by atomic mass is 10.2. The smallest absolute Gasteiger partial charge is 0.225 e. The summed E-state index contributed by atoms with van der Waals surface area (Å²) in [4.78, 5) is 16.5. The van der Waals surface area contributed by atoms with Gasteiger partial charge in [0.25, 0.3) is 0 Å². The molecule has 0 bridgehead atoms. The van der Waals surface area contributed by atoms with Crippen LogP contribution in [0.3, 0.4) is 0 Å². The van der Waals surface area contributed by atoms with Crippen LogP contribution in [0.2, 0.25) is 5.02 Å². The summed E-state index contributed by atoms with van der Waals surface area (Å²) in [5.74, 6) is -2.12. The molecule has 0 spiro atoms. The third kappa shape index (κ3) is 4.93. The van der Waals surface area contributed by atoms with Crippen LogP contribution in [-0.4, -0.2) is 43.5 Å². The molecule has 2 aromatic carbocycles. The lowest BCUT2D eigenvalue weighted by molar-refractivity contribution is -0.116. The Hall–Kier alpha value is -2.18. The molecule has 0 aromatic heterocycles. The predicted molar refractivity (Wildman–Crippen MR) is 99.7 cm³/mol. The number of halogens is 3. The Labute approximate surface area is 156 Å². The molecule has 1 amide bonds. The van der Waals surface area contributed by atoms with Crippen molar-refractivity contribution in [1.82, 2.24) is 4.90 Å². The summed E-state index contributed by atoms with van der Waals surface area (Å²) < 4.78 is 26.1. The summed E-state index contributed by atoms with van der Waals surface area (Å²) in [5, 5.41) is 3.31. The fourth-order valence-electron chi connectivity index (χ4n) is 2.96. The van der Waals surface area contributed by atoms with Crippen molar-refractivity contribution in [2.75, 3.05) is 42.9 Å². The minimum Gasteiger partial charge on any atom is -0.369 e. The molecule has 2 aromatic rings. The zero-order chi connectivity index (χ0) is 18.5. The van der Waals surface area contributed by atoms with E-state index in [0.717, 1.165) is 49.0 Å². The highest BCUT2D eigenvalue weighted by Crippen LogP contribution is 2.21. The summed E-state index contributed by atoms with van der Waals surface area (Å²) in [6.07, 6.45) is 0.302. The number of rotatable bonds is 5. The van der Waals surface area contributed by atoms with E-state index in [-0.39, 0.29) is 11.6 Å². The number of carbonyl (C=O) groups is 1.